The Bertz CT molecular complexity index is 765. The molecule has 160 valence electrons. The molecule has 1 aromatic heterocycles. The lowest BCUT2D eigenvalue weighted by atomic mass is 10.0. The van der Waals surface area contributed by atoms with E-state index in [1.54, 1.807) is 0 Å². The van der Waals surface area contributed by atoms with Crippen molar-refractivity contribution >= 4 is 23.3 Å². The first-order valence-electron chi connectivity index (χ1n) is 9.24. The third-order valence-electron chi connectivity index (χ3n) is 5.35. The molecule has 15 heteroatoms. The topological polar surface area (TPSA) is 167 Å². The second kappa shape index (κ2) is 8.66. The lowest BCUT2D eigenvalue weighted by molar-refractivity contribution is -0.139. The van der Waals surface area contributed by atoms with Gasteiger partial charge in [0, 0.05) is 19.1 Å². The summed E-state index contributed by atoms with van der Waals surface area (Å²) in [7, 11) is 0. The zero-order valence-electron chi connectivity index (χ0n) is 15.4. The molecular weight excluding hydrogens is 408 g/mol. The summed E-state index contributed by atoms with van der Waals surface area (Å²) in [5.74, 6) is -0.105. The number of aromatic nitrogens is 4. The van der Waals surface area contributed by atoms with Crippen LogP contribution in [0.5, 0.6) is 0 Å². The molecule has 3 fully saturated rings. The van der Waals surface area contributed by atoms with Crippen molar-refractivity contribution in [1.29, 1.82) is 0 Å². The maximum absolute atomic E-state index is 12.5. The van der Waals surface area contributed by atoms with Gasteiger partial charge in [-0.2, -0.15) is 14.1 Å². The van der Waals surface area contributed by atoms with Crippen molar-refractivity contribution in [2.24, 2.45) is 5.92 Å². The van der Waals surface area contributed by atoms with Gasteiger partial charge in [0.1, 0.15) is 17.4 Å². The number of hydroxylamine groups is 3. The number of carbonyl (C=O) groups is 2. The molecule has 2 N–H and O–H groups in total. The van der Waals surface area contributed by atoms with E-state index in [4.69, 9.17) is 4.84 Å². The van der Waals surface area contributed by atoms with Gasteiger partial charge < -0.3 is 14.8 Å². The highest BCUT2D eigenvalue weighted by Crippen LogP contribution is 2.30. The summed E-state index contributed by atoms with van der Waals surface area (Å²) in [5, 5.41) is 15.6. The fraction of sp³-hybridized carbons (Fsp3) is 0.786. The van der Waals surface area contributed by atoms with Crippen LogP contribution in [0.3, 0.4) is 0 Å². The predicted octanol–water partition coefficient (Wildman–Crippen LogP) is -2.31. The van der Waals surface area contributed by atoms with Gasteiger partial charge in [-0.1, -0.05) is 0 Å². The molecule has 0 radical (unpaired) electrons. The maximum Gasteiger partial charge on any atom is 0.346 e. The number of amides is 3. The largest absolute Gasteiger partial charge is 0.748 e. The second-order valence-corrected chi connectivity index (χ2v) is 7.82. The Kier molecular flexibility index (Phi) is 6.00. The van der Waals surface area contributed by atoms with Crippen LogP contribution < -0.4 is 10.8 Å². The normalized spacial score (nSPS) is 30.0. The number of rotatable bonds is 8. The van der Waals surface area contributed by atoms with Crippen LogP contribution in [0.2, 0.25) is 0 Å². The van der Waals surface area contributed by atoms with Crippen LogP contribution in [-0.2, 0) is 31.8 Å². The van der Waals surface area contributed by atoms with Crippen molar-refractivity contribution in [2.45, 2.75) is 43.9 Å². The molecule has 0 spiro atoms. The lowest BCUT2D eigenvalue weighted by Crippen LogP contribution is -2.50. The molecular formula is C14H21N8O6S-. The highest BCUT2D eigenvalue weighted by atomic mass is 32.2. The minimum atomic E-state index is -2.84. The van der Waals surface area contributed by atoms with Gasteiger partial charge in [0.2, 0.25) is 0 Å². The Balaban J connectivity index is 1.20. The number of nitrogens with one attached hydrogen (secondary N) is 2. The Morgan fingerprint density at radius 3 is 3.07 bits per heavy atom. The molecule has 0 aliphatic carbocycles. The molecule has 29 heavy (non-hydrogen) atoms. The molecule has 14 nitrogen and oxygen atoms in total. The molecule has 3 saturated heterocycles. The zero-order chi connectivity index (χ0) is 20.4. The first-order chi connectivity index (χ1) is 14.0. The van der Waals surface area contributed by atoms with Gasteiger partial charge in [-0.25, -0.2) is 14.5 Å². The Morgan fingerprint density at radius 1 is 1.45 bits per heavy atom. The monoisotopic (exact) mass is 429 g/mol. The smallest absolute Gasteiger partial charge is 0.346 e. The van der Waals surface area contributed by atoms with E-state index in [-0.39, 0.29) is 25.2 Å². The molecule has 5 atom stereocenters. The van der Waals surface area contributed by atoms with Gasteiger partial charge in [-0.05, 0) is 30.4 Å². The van der Waals surface area contributed by atoms with Crippen LogP contribution >= 0.6 is 0 Å². The van der Waals surface area contributed by atoms with Crippen molar-refractivity contribution in [2.75, 3.05) is 19.7 Å². The van der Waals surface area contributed by atoms with Crippen molar-refractivity contribution < 1.29 is 27.5 Å². The van der Waals surface area contributed by atoms with E-state index in [9.17, 15) is 18.4 Å². The first-order valence-corrected chi connectivity index (χ1v) is 10.2. The average molecular weight is 429 g/mol. The number of piperidine rings is 1. The number of urea groups is 1. The highest BCUT2D eigenvalue weighted by Gasteiger charge is 2.48. The van der Waals surface area contributed by atoms with Crippen molar-refractivity contribution in [3.05, 3.63) is 6.33 Å². The summed E-state index contributed by atoms with van der Waals surface area (Å²) >= 11 is -2.84. The van der Waals surface area contributed by atoms with E-state index in [0.717, 1.165) is 18.0 Å². The molecule has 0 aromatic carbocycles. The Morgan fingerprint density at radius 2 is 2.31 bits per heavy atom. The fourth-order valence-corrected chi connectivity index (χ4v) is 4.34. The maximum atomic E-state index is 12.5. The van der Waals surface area contributed by atoms with Gasteiger partial charge in [0.05, 0.1) is 19.2 Å². The van der Waals surface area contributed by atoms with Crippen LogP contribution in [0.4, 0.5) is 4.79 Å². The number of nitrogens with zero attached hydrogens (tertiary/aromatic N) is 6. The third kappa shape index (κ3) is 4.53. The summed E-state index contributed by atoms with van der Waals surface area (Å²) in [4.78, 5) is 32.9. The molecule has 0 saturated carbocycles. The summed E-state index contributed by atoms with van der Waals surface area (Å²) in [6, 6.07) is -1.68. The number of fused-ring (bicyclic) bond motifs is 2. The molecule has 1 aromatic rings. The zero-order valence-corrected chi connectivity index (χ0v) is 16.2. The van der Waals surface area contributed by atoms with Crippen LogP contribution in [0.15, 0.2) is 6.33 Å². The predicted molar refractivity (Wildman–Crippen MR) is 92.6 cm³/mol. The van der Waals surface area contributed by atoms with Crippen LogP contribution in [0.1, 0.15) is 19.3 Å². The molecule has 4 rings (SSSR count). The van der Waals surface area contributed by atoms with E-state index >= 15 is 0 Å². The van der Waals surface area contributed by atoms with E-state index in [0.29, 0.717) is 25.3 Å². The van der Waals surface area contributed by atoms with Crippen molar-refractivity contribution in [1.82, 2.24) is 41.0 Å². The molecule has 4 heterocycles. The highest BCUT2D eigenvalue weighted by molar-refractivity contribution is 7.74. The molecule has 3 aliphatic rings. The first kappa shape index (κ1) is 20.1. The van der Waals surface area contributed by atoms with Gasteiger partial charge in [0.25, 0.3) is 5.91 Å². The van der Waals surface area contributed by atoms with E-state index < -0.39 is 29.3 Å². The summed E-state index contributed by atoms with van der Waals surface area (Å²) < 4.78 is 26.0. The fourth-order valence-electron chi connectivity index (χ4n) is 4.02. The Labute approximate surface area is 168 Å². The summed E-state index contributed by atoms with van der Waals surface area (Å²) in [6.07, 6.45) is 3.08. The average Bonchev–Trinajstić information content (AvgIpc) is 3.41. The molecule has 3 amide bonds. The van der Waals surface area contributed by atoms with E-state index in [1.165, 1.54) is 16.0 Å². The number of tetrazole rings is 1. The summed E-state index contributed by atoms with van der Waals surface area (Å²) in [5.41, 5.74) is 2.40. The third-order valence-corrected chi connectivity index (χ3v) is 5.63. The second-order valence-electron chi connectivity index (χ2n) is 7.26. The minimum Gasteiger partial charge on any atom is -0.748 e. The van der Waals surface area contributed by atoms with Crippen LogP contribution in [0.25, 0.3) is 0 Å². The number of hydrogen-bond acceptors (Lipinski definition) is 10. The SMILES string of the molecule is O=C(NOC[C@H]1C[C@@H](Cn2ncnn2)CN1)C1CCC2CN1C(=O)N2OS(=O)[O-]. The van der Waals surface area contributed by atoms with Crippen molar-refractivity contribution in [3.63, 3.8) is 0 Å². The minimum absolute atomic E-state index is 0.0731. The van der Waals surface area contributed by atoms with Crippen LogP contribution in [0, 0.1) is 5.92 Å². The van der Waals surface area contributed by atoms with Crippen molar-refractivity contribution in [3.8, 4) is 0 Å². The summed E-state index contributed by atoms with van der Waals surface area (Å²) in [6.45, 7) is 1.95. The number of hydrogen-bond donors (Lipinski definition) is 2. The lowest BCUT2D eigenvalue weighted by Gasteiger charge is -2.29. The van der Waals surface area contributed by atoms with Crippen LogP contribution in [-0.4, -0.2) is 88.7 Å². The van der Waals surface area contributed by atoms with Gasteiger partial charge in [0.15, 0.2) is 6.33 Å². The molecule has 2 bridgehead atoms. The van der Waals surface area contributed by atoms with E-state index in [1.807, 2.05) is 0 Å². The van der Waals surface area contributed by atoms with Gasteiger partial charge in [-0.3, -0.25) is 9.63 Å². The van der Waals surface area contributed by atoms with Gasteiger partial charge >= 0.3 is 6.03 Å². The number of carbonyl (C=O) groups excluding carboxylic acids is 2. The molecule has 3 unspecified atom stereocenters. The Hall–Kier alpha value is -2.20. The molecule has 3 aliphatic heterocycles. The quantitative estimate of drug-likeness (QED) is 0.338. The van der Waals surface area contributed by atoms with E-state index in [2.05, 4.69) is 30.5 Å². The van der Waals surface area contributed by atoms with Gasteiger partial charge in [-0.15, -0.1) is 10.2 Å². The standard InChI is InChI=1S/C14H22N8O6S/c23-13(12-2-1-11-6-20(12)14(24)22(11)28-29(25)26)18-27-7-10-3-9(4-15-10)5-21-17-8-16-19-21/h8-12,15H,1-7H2,(H,18,23)(H,25,26)/p-1/t9-,10-,11?,12?/m1/s1.